The maximum absolute atomic E-state index is 12.7. The van der Waals surface area contributed by atoms with Crippen molar-refractivity contribution in [1.29, 1.82) is 0 Å². The number of hydrogen-bond donors (Lipinski definition) is 1. The van der Waals surface area contributed by atoms with Crippen LogP contribution in [-0.4, -0.2) is 15.4 Å². The minimum absolute atomic E-state index is 0.00682. The highest BCUT2D eigenvalue weighted by Crippen LogP contribution is 2.21. The average Bonchev–Trinajstić information content (AvgIpc) is 2.66. The van der Waals surface area contributed by atoms with Crippen LogP contribution in [-0.2, 0) is 6.54 Å². The highest BCUT2D eigenvalue weighted by atomic mass is 16.6. The number of nitro benzene ring substituents is 1. The van der Waals surface area contributed by atoms with E-state index in [1.54, 1.807) is 19.2 Å². The normalized spacial score (nSPS) is 10.5. The van der Waals surface area contributed by atoms with Crippen molar-refractivity contribution in [2.75, 3.05) is 5.32 Å². The Bertz CT molecular complexity index is 1100. The Kier molecular flexibility index (Phi) is 5.35. The summed E-state index contributed by atoms with van der Waals surface area (Å²) in [7, 11) is 0. The molecular formula is C21H19N3O4. The Labute approximate surface area is 161 Å². The van der Waals surface area contributed by atoms with Crippen LogP contribution in [0.25, 0.3) is 0 Å². The summed E-state index contributed by atoms with van der Waals surface area (Å²) in [6, 6.07) is 15.1. The van der Waals surface area contributed by atoms with Crippen LogP contribution in [0.5, 0.6) is 0 Å². The zero-order valence-corrected chi connectivity index (χ0v) is 15.5. The molecule has 0 aliphatic carbocycles. The zero-order chi connectivity index (χ0) is 20.3. The number of hydrogen-bond acceptors (Lipinski definition) is 4. The number of amides is 1. The molecule has 0 saturated carbocycles. The smallest absolute Gasteiger partial charge is 0.269 e. The van der Waals surface area contributed by atoms with E-state index >= 15 is 0 Å². The predicted molar refractivity (Wildman–Crippen MR) is 107 cm³/mol. The minimum Gasteiger partial charge on any atom is -0.322 e. The average molecular weight is 377 g/mol. The Hall–Kier alpha value is -3.74. The lowest BCUT2D eigenvalue weighted by Gasteiger charge is -2.10. The number of benzene rings is 2. The lowest BCUT2D eigenvalue weighted by atomic mass is 10.1. The monoisotopic (exact) mass is 377 g/mol. The first-order valence-electron chi connectivity index (χ1n) is 8.66. The van der Waals surface area contributed by atoms with Crippen molar-refractivity contribution in [3.63, 3.8) is 0 Å². The first-order chi connectivity index (χ1) is 13.3. The molecule has 0 spiro atoms. The second kappa shape index (κ2) is 7.87. The van der Waals surface area contributed by atoms with Crippen LogP contribution < -0.4 is 10.9 Å². The molecule has 1 amide bonds. The van der Waals surface area contributed by atoms with Crippen LogP contribution in [0.2, 0.25) is 0 Å². The second-order valence-corrected chi connectivity index (χ2v) is 6.55. The Morgan fingerprint density at radius 1 is 1.11 bits per heavy atom. The first-order valence-corrected chi connectivity index (χ1v) is 8.66. The summed E-state index contributed by atoms with van der Waals surface area (Å²) in [4.78, 5) is 35.6. The van der Waals surface area contributed by atoms with Gasteiger partial charge in [0.1, 0.15) is 5.56 Å². The van der Waals surface area contributed by atoms with Gasteiger partial charge in [-0.1, -0.05) is 29.8 Å². The van der Waals surface area contributed by atoms with E-state index in [1.807, 2.05) is 31.2 Å². The summed E-state index contributed by atoms with van der Waals surface area (Å²) in [6.07, 6.45) is 1.64. The van der Waals surface area contributed by atoms with Gasteiger partial charge in [-0.15, -0.1) is 0 Å². The summed E-state index contributed by atoms with van der Waals surface area (Å²) < 4.78 is 1.47. The molecule has 0 aliphatic heterocycles. The second-order valence-electron chi connectivity index (χ2n) is 6.55. The van der Waals surface area contributed by atoms with Gasteiger partial charge in [0.15, 0.2) is 0 Å². The van der Waals surface area contributed by atoms with E-state index in [9.17, 15) is 19.7 Å². The number of carbonyl (C=O) groups is 1. The summed E-state index contributed by atoms with van der Waals surface area (Å²) in [5, 5.41) is 13.5. The Morgan fingerprint density at radius 3 is 2.46 bits per heavy atom. The number of nitrogens with zero attached hydrogens (tertiary/aromatic N) is 2. The highest BCUT2D eigenvalue weighted by molar-refractivity contribution is 6.04. The maximum atomic E-state index is 12.7. The molecule has 0 radical (unpaired) electrons. The molecule has 2 aromatic carbocycles. The van der Waals surface area contributed by atoms with Crippen molar-refractivity contribution in [1.82, 2.24) is 4.57 Å². The van der Waals surface area contributed by atoms with Gasteiger partial charge < -0.3 is 9.88 Å². The molecule has 0 unspecified atom stereocenters. The number of anilines is 1. The SMILES string of the molecule is Cc1ccc(Cn2cccc(C(=O)Nc3ccc([N+](=O)[O-])cc3C)c2=O)cc1. The van der Waals surface area contributed by atoms with E-state index in [1.165, 1.54) is 28.8 Å². The lowest BCUT2D eigenvalue weighted by Crippen LogP contribution is -2.29. The summed E-state index contributed by atoms with van der Waals surface area (Å²) in [6.45, 7) is 4.00. The lowest BCUT2D eigenvalue weighted by molar-refractivity contribution is -0.384. The molecule has 3 rings (SSSR count). The van der Waals surface area contributed by atoms with Gasteiger partial charge in [0.25, 0.3) is 17.2 Å². The van der Waals surface area contributed by atoms with Crippen LogP contribution in [0.3, 0.4) is 0 Å². The summed E-state index contributed by atoms with van der Waals surface area (Å²) in [5.41, 5.74) is 2.59. The third kappa shape index (κ3) is 4.15. The van der Waals surface area contributed by atoms with E-state index in [0.717, 1.165) is 11.1 Å². The predicted octanol–water partition coefficient (Wildman–Crippen LogP) is 3.67. The van der Waals surface area contributed by atoms with Gasteiger partial charge in [-0.25, -0.2) is 0 Å². The Balaban J connectivity index is 1.83. The van der Waals surface area contributed by atoms with Crippen LogP contribution >= 0.6 is 0 Å². The molecule has 28 heavy (non-hydrogen) atoms. The largest absolute Gasteiger partial charge is 0.322 e. The fraction of sp³-hybridized carbons (Fsp3) is 0.143. The van der Waals surface area contributed by atoms with Crippen LogP contribution in [0.15, 0.2) is 65.6 Å². The number of aromatic nitrogens is 1. The number of non-ortho nitro benzene ring substituents is 1. The first kappa shape index (κ1) is 19.0. The number of nitro groups is 1. The molecule has 142 valence electrons. The molecule has 0 fully saturated rings. The van der Waals surface area contributed by atoms with Gasteiger partial charge in [0.2, 0.25) is 0 Å². The third-order valence-corrected chi connectivity index (χ3v) is 4.41. The van der Waals surface area contributed by atoms with Crippen molar-refractivity contribution in [3.05, 3.63) is 104 Å². The van der Waals surface area contributed by atoms with Gasteiger partial charge in [0, 0.05) is 24.0 Å². The van der Waals surface area contributed by atoms with Gasteiger partial charge in [-0.3, -0.25) is 19.7 Å². The quantitative estimate of drug-likeness (QED) is 0.542. The van der Waals surface area contributed by atoms with E-state index in [2.05, 4.69) is 5.32 Å². The van der Waals surface area contributed by atoms with Gasteiger partial charge in [-0.05, 0) is 43.2 Å². The summed E-state index contributed by atoms with van der Waals surface area (Å²) in [5.74, 6) is -0.555. The molecule has 1 N–H and O–H groups in total. The minimum atomic E-state index is -0.555. The van der Waals surface area contributed by atoms with Crippen LogP contribution in [0.4, 0.5) is 11.4 Å². The number of rotatable bonds is 5. The molecular weight excluding hydrogens is 358 g/mol. The Morgan fingerprint density at radius 2 is 1.82 bits per heavy atom. The van der Waals surface area contributed by atoms with Gasteiger partial charge in [0.05, 0.1) is 11.5 Å². The topological polar surface area (TPSA) is 94.2 Å². The van der Waals surface area contributed by atoms with Crippen molar-refractivity contribution < 1.29 is 9.72 Å². The van der Waals surface area contributed by atoms with E-state index in [-0.39, 0.29) is 11.3 Å². The number of pyridine rings is 1. The van der Waals surface area contributed by atoms with E-state index < -0.39 is 16.4 Å². The molecule has 0 atom stereocenters. The molecule has 0 bridgehead atoms. The van der Waals surface area contributed by atoms with Gasteiger partial charge >= 0.3 is 0 Å². The van der Waals surface area contributed by atoms with Crippen molar-refractivity contribution in [3.8, 4) is 0 Å². The maximum Gasteiger partial charge on any atom is 0.269 e. The van der Waals surface area contributed by atoms with Gasteiger partial charge in [-0.2, -0.15) is 0 Å². The highest BCUT2D eigenvalue weighted by Gasteiger charge is 2.15. The van der Waals surface area contributed by atoms with Crippen molar-refractivity contribution in [2.24, 2.45) is 0 Å². The fourth-order valence-corrected chi connectivity index (χ4v) is 2.82. The van der Waals surface area contributed by atoms with Crippen LogP contribution in [0.1, 0.15) is 27.0 Å². The molecule has 1 aromatic heterocycles. The molecule has 0 aliphatic rings. The van der Waals surface area contributed by atoms with E-state index in [0.29, 0.717) is 17.8 Å². The number of aryl methyl sites for hydroxylation is 2. The van der Waals surface area contributed by atoms with Crippen LogP contribution in [0, 0.1) is 24.0 Å². The number of nitrogens with one attached hydrogen (secondary N) is 1. The van der Waals surface area contributed by atoms with E-state index in [4.69, 9.17) is 0 Å². The standard InChI is InChI=1S/C21H19N3O4/c1-14-5-7-16(8-6-14)13-23-11-3-4-18(21(23)26)20(25)22-19-10-9-17(24(27)28)12-15(19)2/h3-12H,13H2,1-2H3,(H,22,25). The molecule has 7 heteroatoms. The third-order valence-electron chi connectivity index (χ3n) is 4.41. The summed E-state index contributed by atoms with van der Waals surface area (Å²) >= 11 is 0. The van der Waals surface area contributed by atoms with Crippen molar-refractivity contribution in [2.45, 2.75) is 20.4 Å². The fourth-order valence-electron chi connectivity index (χ4n) is 2.82. The number of carbonyl (C=O) groups excluding carboxylic acids is 1. The molecule has 3 aromatic rings. The van der Waals surface area contributed by atoms with Crippen molar-refractivity contribution >= 4 is 17.3 Å². The molecule has 1 heterocycles. The zero-order valence-electron chi connectivity index (χ0n) is 15.5. The molecule has 0 saturated heterocycles. The molecule has 7 nitrogen and oxygen atoms in total.